The molecule has 5 rings (SSSR count). The van der Waals surface area contributed by atoms with Gasteiger partial charge in [0.05, 0.1) is 0 Å². The van der Waals surface area contributed by atoms with Crippen molar-refractivity contribution in [3.63, 3.8) is 0 Å². The summed E-state index contributed by atoms with van der Waals surface area (Å²) in [5.74, 6) is 0. The van der Waals surface area contributed by atoms with Gasteiger partial charge in [-0.15, -0.1) is 0 Å². The van der Waals surface area contributed by atoms with E-state index < -0.39 is 0 Å². The predicted octanol–water partition coefficient (Wildman–Crippen LogP) is 4.93. The van der Waals surface area contributed by atoms with Crippen molar-refractivity contribution in [2.45, 2.75) is 26.7 Å². The molecule has 2 aliphatic carbocycles. The Morgan fingerprint density at radius 3 is 2.30 bits per heavy atom. The van der Waals surface area contributed by atoms with Gasteiger partial charge >= 0.3 is 0 Å². The van der Waals surface area contributed by atoms with E-state index >= 15 is 0 Å². The lowest BCUT2D eigenvalue weighted by Gasteiger charge is -2.23. The number of benzene rings is 3. The Kier molecular flexibility index (Phi) is 1.77. The van der Waals surface area contributed by atoms with Crippen molar-refractivity contribution >= 4 is 10.8 Å². The van der Waals surface area contributed by atoms with E-state index in [2.05, 4.69) is 50.2 Å². The first-order valence-electron chi connectivity index (χ1n) is 7.40. The van der Waals surface area contributed by atoms with E-state index in [0.29, 0.717) is 0 Å². The maximum Gasteiger partial charge on any atom is -0.00105 e. The molecule has 2 aliphatic rings. The van der Waals surface area contributed by atoms with Gasteiger partial charge in [-0.2, -0.15) is 0 Å². The lowest BCUT2D eigenvalue weighted by atomic mass is 9.81. The average molecular weight is 256 g/mol. The van der Waals surface area contributed by atoms with Crippen LogP contribution >= 0.6 is 0 Å². The normalized spacial score (nSPS) is 14.1. The molecular weight excluding hydrogens is 240 g/mol. The number of aryl methyl sites for hydroxylation is 2. The molecule has 0 aromatic heterocycles. The molecule has 0 saturated carbocycles. The smallest absolute Gasteiger partial charge is 0.00105 e. The molecule has 0 heteroatoms. The zero-order valence-electron chi connectivity index (χ0n) is 11.9. The molecule has 0 unspecified atom stereocenters. The van der Waals surface area contributed by atoms with Crippen LogP contribution < -0.4 is 0 Å². The largest absolute Gasteiger partial charge is 0.0613 e. The van der Waals surface area contributed by atoms with Crippen molar-refractivity contribution in [2.24, 2.45) is 0 Å². The Morgan fingerprint density at radius 2 is 1.50 bits per heavy atom. The van der Waals surface area contributed by atoms with E-state index in [4.69, 9.17) is 0 Å². The summed E-state index contributed by atoms with van der Waals surface area (Å²) in [7, 11) is 0. The summed E-state index contributed by atoms with van der Waals surface area (Å²) in [6.45, 7) is 4.54. The van der Waals surface area contributed by atoms with Crippen molar-refractivity contribution in [1.29, 1.82) is 0 Å². The van der Waals surface area contributed by atoms with Gasteiger partial charge in [-0.25, -0.2) is 0 Å². The van der Waals surface area contributed by atoms with Crippen LogP contribution in [0.2, 0.25) is 0 Å². The topological polar surface area (TPSA) is 0 Å². The summed E-state index contributed by atoms with van der Waals surface area (Å²) in [5.41, 5.74) is 12.2. The molecule has 0 spiro atoms. The summed E-state index contributed by atoms with van der Waals surface area (Å²) in [6, 6.07) is 13.8. The second-order valence-corrected chi connectivity index (χ2v) is 6.31. The first-order chi connectivity index (χ1) is 9.74. The maximum atomic E-state index is 2.38. The highest BCUT2D eigenvalue weighted by Gasteiger charge is 2.30. The Hall–Kier alpha value is -2.08. The van der Waals surface area contributed by atoms with Gasteiger partial charge in [-0.1, -0.05) is 36.4 Å². The van der Waals surface area contributed by atoms with Crippen LogP contribution in [0.3, 0.4) is 0 Å². The van der Waals surface area contributed by atoms with Crippen molar-refractivity contribution in [2.75, 3.05) is 0 Å². The highest BCUT2D eigenvalue weighted by molar-refractivity contribution is 6.06. The fourth-order valence-electron chi connectivity index (χ4n) is 4.29. The standard InChI is InChI=1S/C20H16/c1-11-8-12(2)17-10-15-7-6-13-4-3-5-14-9-16(11)20(17)19(15)18(13)14/h3-8H,9-10H2,1-2H3. The third-order valence-electron chi connectivity index (χ3n) is 5.19. The van der Waals surface area contributed by atoms with E-state index in [0.717, 1.165) is 12.8 Å². The van der Waals surface area contributed by atoms with Crippen molar-refractivity contribution in [3.05, 3.63) is 69.8 Å². The highest BCUT2D eigenvalue weighted by Crippen LogP contribution is 2.49. The van der Waals surface area contributed by atoms with Gasteiger partial charge in [0.15, 0.2) is 0 Å². The van der Waals surface area contributed by atoms with Gasteiger partial charge in [0.1, 0.15) is 0 Å². The molecule has 0 heterocycles. The molecule has 3 aromatic rings. The van der Waals surface area contributed by atoms with Crippen LogP contribution in [0.1, 0.15) is 33.4 Å². The van der Waals surface area contributed by atoms with E-state index in [1.165, 1.54) is 33.0 Å². The lowest BCUT2D eigenvalue weighted by molar-refractivity contribution is 1.13. The van der Waals surface area contributed by atoms with E-state index in [9.17, 15) is 0 Å². The summed E-state index contributed by atoms with van der Waals surface area (Å²) in [6.07, 6.45) is 2.22. The molecule has 0 saturated heterocycles. The summed E-state index contributed by atoms with van der Waals surface area (Å²) < 4.78 is 0. The molecule has 20 heavy (non-hydrogen) atoms. The number of hydrogen-bond donors (Lipinski definition) is 0. The van der Waals surface area contributed by atoms with Crippen LogP contribution in [-0.2, 0) is 12.8 Å². The monoisotopic (exact) mass is 256 g/mol. The quantitative estimate of drug-likeness (QED) is 0.368. The summed E-state index contributed by atoms with van der Waals surface area (Å²) in [5, 5.41) is 2.92. The first kappa shape index (κ1) is 10.7. The molecule has 0 nitrogen and oxygen atoms in total. The van der Waals surface area contributed by atoms with Crippen molar-refractivity contribution in [1.82, 2.24) is 0 Å². The van der Waals surface area contributed by atoms with Crippen LogP contribution in [0.25, 0.3) is 21.9 Å². The van der Waals surface area contributed by atoms with Crippen LogP contribution in [0, 0.1) is 13.8 Å². The third kappa shape index (κ3) is 1.09. The van der Waals surface area contributed by atoms with Crippen molar-refractivity contribution < 1.29 is 0 Å². The molecule has 0 amide bonds. The van der Waals surface area contributed by atoms with E-state index in [-0.39, 0.29) is 0 Å². The molecule has 0 radical (unpaired) electrons. The SMILES string of the molecule is Cc1cc(C)c2c3c1Cc1ccc4cccc(c4c1-3)C2. The first-order valence-corrected chi connectivity index (χ1v) is 7.40. The molecular formula is C20H16. The minimum atomic E-state index is 1.10. The second-order valence-electron chi connectivity index (χ2n) is 6.31. The fraction of sp³-hybridized carbons (Fsp3) is 0.200. The Bertz CT molecular complexity index is 913. The number of hydrogen-bond acceptors (Lipinski definition) is 0. The van der Waals surface area contributed by atoms with Crippen LogP contribution in [0.15, 0.2) is 36.4 Å². The molecule has 0 aliphatic heterocycles. The highest BCUT2D eigenvalue weighted by atomic mass is 14.3. The Labute approximate surface area is 119 Å². The van der Waals surface area contributed by atoms with Gasteiger partial charge in [0.2, 0.25) is 0 Å². The third-order valence-corrected chi connectivity index (χ3v) is 5.19. The van der Waals surface area contributed by atoms with Crippen molar-refractivity contribution in [3.8, 4) is 11.1 Å². The second kappa shape index (κ2) is 3.32. The van der Waals surface area contributed by atoms with Gasteiger partial charge in [-0.3, -0.25) is 0 Å². The molecule has 0 N–H and O–H groups in total. The Morgan fingerprint density at radius 1 is 0.750 bits per heavy atom. The zero-order chi connectivity index (χ0) is 13.4. The zero-order valence-corrected chi connectivity index (χ0v) is 11.9. The fourth-order valence-corrected chi connectivity index (χ4v) is 4.29. The number of rotatable bonds is 0. The van der Waals surface area contributed by atoms with E-state index in [1.54, 1.807) is 22.3 Å². The molecule has 96 valence electrons. The summed E-state index contributed by atoms with van der Waals surface area (Å²) >= 11 is 0. The van der Waals surface area contributed by atoms with E-state index in [1.807, 2.05) is 0 Å². The van der Waals surface area contributed by atoms with Crippen LogP contribution in [-0.4, -0.2) is 0 Å². The van der Waals surface area contributed by atoms with Gasteiger partial charge in [0, 0.05) is 0 Å². The minimum Gasteiger partial charge on any atom is -0.0613 e. The Balaban J connectivity index is 2.08. The van der Waals surface area contributed by atoms with Gasteiger partial charge in [0.25, 0.3) is 0 Å². The molecule has 0 fully saturated rings. The average Bonchev–Trinajstić information content (AvgIpc) is 2.85. The van der Waals surface area contributed by atoms with Crippen LogP contribution in [0.5, 0.6) is 0 Å². The van der Waals surface area contributed by atoms with Gasteiger partial charge in [-0.05, 0) is 82.0 Å². The maximum absolute atomic E-state index is 2.38. The lowest BCUT2D eigenvalue weighted by Crippen LogP contribution is -2.04. The predicted molar refractivity (Wildman–Crippen MR) is 84.5 cm³/mol. The molecule has 3 aromatic carbocycles. The van der Waals surface area contributed by atoms with Crippen LogP contribution in [0.4, 0.5) is 0 Å². The molecule has 0 atom stereocenters. The minimum absolute atomic E-state index is 1.10. The summed E-state index contributed by atoms with van der Waals surface area (Å²) in [4.78, 5) is 0. The molecule has 0 bridgehead atoms. The van der Waals surface area contributed by atoms with Gasteiger partial charge < -0.3 is 0 Å².